The standard InChI is InChI=1S/C21H29N7O4S/c1-15-14-31-11-9-26(15)18-12-19(25(2)33(3,29)30)28-21(24-18)16(13-23-28)17-7-8-22-27(17)20-6-4-5-10-32-20/h7-8,12-13,15,20H,4-6,9-11,14H2,1-3H3. The van der Waals surface area contributed by atoms with Crippen LogP contribution in [0.5, 0.6) is 0 Å². The van der Waals surface area contributed by atoms with Crippen molar-refractivity contribution in [2.45, 2.75) is 38.5 Å². The minimum Gasteiger partial charge on any atom is -0.377 e. The second-order valence-corrected chi connectivity index (χ2v) is 10.6. The van der Waals surface area contributed by atoms with Crippen molar-refractivity contribution in [3.63, 3.8) is 0 Å². The molecule has 5 heterocycles. The van der Waals surface area contributed by atoms with Crippen LogP contribution in [0.3, 0.4) is 0 Å². The predicted octanol–water partition coefficient (Wildman–Crippen LogP) is 1.91. The predicted molar refractivity (Wildman–Crippen MR) is 124 cm³/mol. The Bertz CT molecular complexity index is 1250. The average Bonchev–Trinajstić information content (AvgIpc) is 3.45. The molecule has 2 unspecified atom stereocenters. The molecule has 2 fully saturated rings. The van der Waals surface area contributed by atoms with Crippen molar-refractivity contribution in [1.82, 2.24) is 24.4 Å². The molecule has 3 aromatic heterocycles. The van der Waals surface area contributed by atoms with E-state index in [2.05, 4.69) is 22.0 Å². The van der Waals surface area contributed by atoms with E-state index >= 15 is 0 Å². The zero-order chi connectivity index (χ0) is 23.2. The quantitative estimate of drug-likeness (QED) is 0.551. The Balaban J connectivity index is 1.68. The summed E-state index contributed by atoms with van der Waals surface area (Å²) in [7, 11) is -1.99. The first-order chi connectivity index (χ1) is 15.8. The first-order valence-corrected chi connectivity index (χ1v) is 13.0. The third-order valence-corrected chi connectivity index (χ3v) is 7.48. The van der Waals surface area contributed by atoms with E-state index in [1.165, 1.54) is 17.6 Å². The molecule has 0 aromatic carbocycles. The van der Waals surface area contributed by atoms with Gasteiger partial charge < -0.3 is 14.4 Å². The molecule has 3 aromatic rings. The molecule has 0 saturated carbocycles. The van der Waals surface area contributed by atoms with Crippen LogP contribution >= 0.6 is 0 Å². The summed E-state index contributed by atoms with van der Waals surface area (Å²) in [5, 5.41) is 9.04. The number of aromatic nitrogens is 5. The highest BCUT2D eigenvalue weighted by atomic mass is 32.2. The van der Waals surface area contributed by atoms with Gasteiger partial charge in [-0.1, -0.05) is 0 Å². The van der Waals surface area contributed by atoms with E-state index in [4.69, 9.17) is 14.5 Å². The lowest BCUT2D eigenvalue weighted by atomic mass is 10.1. The van der Waals surface area contributed by atoms with Crippen molar-refractivity contribution in [3.8, 4) is 11.3 Å². The van der Waals surface area contributed by atoms with Crippen molar-refractivity contribution >= 4 is 27.3 Å². The second kappa shape index (κ2) is 8.58. The number of anilines is 2. The number of sulfonamides is 1. The van der Waals surface area contributed by atoms with Gasteiger partial charge in [0.25, 0.3) is 0 Å². The van der Waals surface area contributed by atoms with E-state index in [1.807, 2.05) is 10.7 Å². The topological polar surface area (TPSA) is 107 Å². The molecule has 11 nitrogen and oxygen atoms in total. The maximum Gasteiger partial charge on any atom is 0.233 e. The molecule has 2 aliphatic heterocycles. The number of nitrogens with zero attached hydrogens (tertiary/aromatic N) is 7. The first-order valence-electron chi connectivity index (χ1n) is 11.2. The highest BCUT2D eigenvalue weighted by Crippen LogP contribution is 2.33. The molecule has 2 atom stereocenters. The molecule has 2 aliphatic rings. The van der Waals surface area contributed by atoms with Crippen LogP contribution in [0.15, 0.2) is 24.5 Å². The van der Waals surface area contributed by atoms with Crippen LogP contribution in [0.25, 0.3) is 16.9 Å². The van der Waals surface area contributed by atoms with Crippen molar-refractivity contribution in [2.75, 3.05) is 48.9 Å². The zero-order valence-corrected chi connectivity index (χ0v) is 19.9. The average molecular weight is 476 g/mol. The van der Waals surface area contributed by atoms with Crippen LogP contribution in [0.2, 0.25) is 0 Å². The Labute approximate surface area is 192 Å². The van der Waals surface area contributed by atoms with Gasteiger partial charge >= 0.3 is 0 Å². The van der Waals surface area contributed by atoms with Crippen LogP contribution in [0, 0.1) is 0 Å². The number of morpholine rings is 1. The molecule has 0 amide bonds. The van der Waals surface area contributed by atoms with Crippen molar-refractivity contribution in [3.05, 3.63) is 24.5 Å². The maximum absolute atomic E-state index is 12.4. The van der Waals surface area contributed by atoms with Gasteiger partial charge in [0.2, 0.25) is 10.0 Å². The molecule has 12 heteroatoms. The summed E-state index contributed by atoms with van der Waals surface area (Å²) >= 11 is 0. The molecule has 0 radical (unpaired) electrons. The number of fused-ring (bicyclic) bond motifs is 1. The van der Waals surface area contributed by atoms with Crippen molar-refractivity contribution in [1.29, 1.82) is 0 Å². The normalized spacial score (nSPS) is 22.1. The summed E-state index contributed by atoms with van der Waals surface area (Å²) in [6, 6.07) is 3.80. The minimum atomic E-state index is -3.51. The molecule has 2 saturated heterocycles. The fraction of sp³-hybridized carbons (Fsp3) is 0.571. The van der Waals surface area contributed by atoms with Gasteiger partial charge in [0, 0.05) is 32.5 Å². The molecule has 0 N–H and O–H groups in total. The molecule has 0 bridgehead atoms. The minimum absolute atomic E-state index is 0.109. The molecular formula is C21H29N7O4S. The fourth-order valence-electron chi connectivity index (χ4n) is 4.40. The summed E-state index contributed by atoms with van der Waals surface area (Å²) in [6.45, 7) is 4.62. The lowest BCUT2D eigenvalue weighted by molar-refractivity contribution is -0.0383. The highest BCUT2D eigenvalue weighted by Gasteiger charge is 2.27. The van der Waals surface area contributed by atoms with Crippen LogP contribution in [0.4, 0.5) is 11.6 Å². The summed E-state index contributed by atoms with van der Waals surface area (Å²) in [4.78, 5) is 7.08. The molecule has 0 spiro atoms. The second-order valence-electron chi connectivity index (χ2n) is 8.60. The maximum atomic E-state index is 12.4. The summed E-state index contributed by atoms with van der Waals surface area (Å²) < 4.78 is 41.1. The van der Waals surface area contributed by atoms with E-state index in [-0.39, 0.29) is 12.3 Å². The van der Waals surface area contributed by atoms with Gasteiger partial charge in [-0.3, -0.25) is 4.31 Å². The smallest absolute Gasteiger partial charge is 0.233 e. The van der Waals surface area contributed by atoms with E-state index in [0.29, 0.717) is 43.6 Å². The van der Waals surface area contributed by atoms with E-state index in [0.717, 1.165) is 30.5 Å². The van der Waals surface area contributed by atoms with E-state index in [1.54, 1.807) is 23.0 Å². The van der Waals surface area contributed by atoms with E-state index < -0.39 is 10.0 Å². The molecule has 33 heavy (non-hydrogen) atoms. The Kier molecular flexibility index (Phi) is 5.75. The Morgan fingerprint density at radius 1 is 1.21 bits per heavy atom. The monoisotopic (exact) mass is 475 g/mol. The van der Waals surface area contributed by atoms with Gasteiger partial charge in [-0.15, -0.1) is 0 Å². The van der Waals surface area contributed by atoms with Gasteiger partial charge in [0.15, 0.2) is 11.9 Å². The van der Waals surface area contributed by atoms with Crippen molar-refractivity contribution in [2.24, 2.45) is 0 Å². The number of ether oxygens (including phenoxy) is 2. The van der Waals surface area contributed by atoms with Gasteiger partial charge in [-0.2, -0.15) is 14.7 Å². The Hall–Kier alpha value is -2.70. The van der Waals surface area contributed by atoms with Crippen molar-refractivity contribution < 1.29 is 17.9 Å². The molecule has 5 rings (SSSR count). The molecular weight excluding hydrogens is 446 g/mol. The zero-order valence-electron chi connectivity index (χ0n) is 19.1. The summed E-state index contributed by atoms with van der Waals surface area (Å²) in [6.07, 6.45) is 7.52. The van der Waals surface area contributed by atoms with Gasteiger partial charge in [0.05, 0.1) is 43.0 Å². The first kappa shape index (κ1) is 22.1. The van der Waals surface area contributed by atoms with Crippen LogP contribution in [-0.4, -0.2) is 78.5 Å². The van der Waals surface area contributed by atoms with Crippen LogP contribution in [-0.2, 0) is 19.5 Å². The van der Waals surface area contributed by atoms with Gasteiger partial charge in [0.1, 0.15) is 11.6 Å². The van der Waals surface area contributed by atoms with Gasteiger partial charge in [-0.05, 0) is 32.3 Å². The summed E-state index contributed by atoms with van der Waals surface area (Å²) in [5.41, 5.74) is 2.17. The van der Waals surface area contributed by atoms with Gasteiger partial charge in [-0.25, -0.2) is 18.1 Å². The lowest BCUT2D eigenvalue weighted by Gasteiger charge is -2.34. The van der Waals surface area contributed by atoms with Crippen LogP contribution < -0.4 is 9.21 Å². The fourth-order valence-corrected chi connectivity index (χ4v) is 4.87. The highest BCUT2D eigenvalue weighted by molar-refractivity contribution is 7.92. The van der Waals surface area contributed by atoms with E-state index in [9.17, 15) is 8.42 Å². The summed E-state index contributed by atoms with van der Waals surface area (Å²) in [5.74, 6) is 1.10. The largest absolute Gasteiger partial charge is 0.377 e. The molecule has 178 valence electrons. The number of rotatable bonds is 5. The molecule has 0 aliphatic carbocycles. The lowest BCUT2D eigenvalue weighted by Crippen LogP contribution is -2.44. The number of hydrogen-bond acceptors (Lipinski definition) is 8. The van der Waals surface area contributed by atoms with Crippen LogP contribution in [0.1, 0.15) is 32.4 Å². The number of hydrogen-bond donors (Lipinski definition) is 0. The SMILES string of the molecule is CC1COCCN1c1cc(N(C)S(C)(=O)=O)n2ncc(-c3ccnn3C3CCCCO3)c2n1. The Morgan fingerprint density at radius 2 is 2.06 bits per heavy atom. The third kappa shape index (κ3) is 4.06. The Morgan fingerprint density at radius 3 is 2.79 bits per heavy atom. The third-order valence-electron chi connectivity index (χ3n) is 6.30.